The number of halogens is 1. The topological polar surface area (TPSA) is 74.3 Å². The highest BCUT2D eigenvalue weighted by Gasteiger charge is 2.15. The molecule has 0 aliphatic rings. The monoisotopic (exact) mass is 290 g/mol. The molecule has 0 aliphatic carbocycles. The molecule has 0 bridgehead atoms. The second-order valence-electron chi connectivity index (χ2n) is 4.73. The van der Waals surface area contributed by atoms with Crippen LogP contribution in [-0.4, -0.2) is 16.6 Å². The van der Waals surface area contributed by atoms with Gasteiger partial charge in [0.2, 0.25) is 5.88 Å². The van der Waals surface area contributed by atoms with Gasteiger partial charge in [-0.1, -0.05) is 0 Å². The van der Waals surface area contributed by atoms with Gasteiger partial charge in [0.1, 0.15) is 11.4 Å². The van der Waals surface area contributed by atoms with Crippen LogP contribution >= 0.6 is 0 Å². The van der Waals surface area contributed by atoms with E-state index in [1.54, 1.807) is 0 Å². The Balaban J connectivity index is 2.69. The van der Waals surface area contributed by atoms with Crippen molar-refractivity contribution in [3.05, 3.63) is 58.1 Å². The van der Waals surface area contributed by atoms with Crippen LogP contribution in [0.25, 0.3) is 5.69 Å². The Kier molecular flexibility index (Phi) is 4.07. The van der Waals surface area contributed by atoms with Crippen LogP contribution in [0, 0.1) is 5.82 Å². The summed E-state index contributed by atoms with van der Waals surface area (Å²) in [6.45, 7) is 3.61. The van der Waals surface area contributed by atoms with Gasteiger partial charge < -0.3 is 10.5 Å². The molecular formula is C15H15FN2O3. The highest BCUT2D eigenvalue weighted by Crippen LogP contribution is 2.18. The molecule has 21 heavy (non-hydrogen) atoms. The maximum absolute atomic E-state index is 13.0. The number of carbonyl (C=O) groups excluding carboxylic acids is 1. The van der Waals surface area contributed by atoms with Crippen LogP contribution in [0.5, 0.6) is 5.88 Å². The van der Waals surface area contributed by atoms with E-state index < -0.39 is 17.3 Å². The number of aromatic nitrogens is 1. The lowest BCUT2D eigenvalue weighted by Crippen LogP contribution is -2.30. The van der Waals surface area contributed by atoms with Gasteiger partial charge >= 0.3 is 0 Å². The van der Waals surface area contributed by atoms with Crippen molar-refractivity contribution < 1.29 is 13.9 Å². The van der Waals surface area contributed by atoms with Crippen molar-refractivity contribution in [2.45, 2.75) is 20.0 Å². The summed E-state index contributed by atoms with van der Waals surface area (Å²) in [6.07, 6.45) is -0.171. The third kappa shape index (κ3) is 3.10. The minimum absolute atomic E-state index is 0.157. The number of nitrogens with two attached hydrogens (primary N) is 1. The van der Waals surface area contributed by atoms with Gasteiger partial charge in [0.15, 0.2) is 0 Å². The second kappa shape index (κ2) is 5.78. The van der Waals surface area contributed by atoms with Gasteiger partial charge in [0.05, 0.1) is 11.8 Å². The van der Waals surface area contributed by atoms with E-state index in [0.717, 1.165) is 0 Å². The molecule has 1 aromatic carbocycles. The molecule has 0 fully saturated rings. The number of benzene rings is 1. The molecule has 0 radical (unpaired) electrons. The molecular weight excluding hydrogens is 275 g/mol. The quantitative estimate of drug-likeness (QED) is 0.934. The predicted molar refractivity (Wildman–Crippen MR) is 76.3 cm³/mol. The Labute approximate surface area is 120 Å². The first kappa shape index (κ1) is 14.8. The molecule has 0 aliphatic heterocycles. The number of amides is 1. The van der Waals surface area contributed by atoms with Crippen LogP contribution in [-0.2, 0) is 0 Å². The number of hydrogen-bond donors (Lipinski definition) is 1. The van der Waals surface area contributed by atoms with E-state index in [0.29, 0.717) is 5.69 Å². The number of rotatable bonds is 4. The zero-order chi connectivity index (χ0) is 15.6. The van der Waals surface area contributed by atoms with Crippen LogP contribution in [0.3, 0.4) is 0 Å². The van der Waals surface area contributed by atoms with Crippen LogP contribution in [0.4, 0.5) is 4.39 Å². The van der Waals surface area contributed by atoms with Gasteiger partial charge in [-0.2, -0.15) is 0 Å². The maximum atomic E-state index is 13.0. The minimum atomic E-state index is -0.827. The highest BCUT2D eigenvalue weighted by atomic mass is 19.1. The minimum Gasteiger partial charge on any atom is -0.476 e. The van der Waals surface area contributed by atoms with Crippen molar-refractivity contribution in [3.63, 3.8) is 0 Å². The molecule has 0 atom stereocenters. The van der Waals surface area contributed by atoms with Gasteiger partial charge in [-0.15, -0.1) is 0 Å². The van der Waals surface area contributed by atoms with Gasteiger partial charge in [-0.05, 0) is 50.2 Å². The zero-order valence-electron chi connectivity index (χ0n) is 11.7. The van der Waals surface area contributed by atoms with Gasteiger partial charge in [0, 0.05) is 0 Å². The molecule has 6 heteroatoms. The molecule has 2 rings (SSSR count). The molecule has 0 spiro atoms. The van der Waals surface area contributed by atoms with Crippen LogP contribution in [0.15, 0.2) is 41.2 Å². The van der Waals surface area contributed by atoms with Gasteiger partial charge in [-0.25, -0.2) is 8.96 Å². The van der Waals surface area contributed by atoms with E-state index in [-0.39, 0.29) is 17.5 Å². The third-order valence-electron chi connectivity index (χ3n) is 2.75. The summed E-state index contributed by atoms with van der Waals surface area (Å²) in [5.74, 6) is -0.997. The molecule has 5 nitrogen and oxygen atoms in total. The van der Waals surface area contributed by atoms with Crippen molar-refractivity contribution in [2.75, 3.05) is 0 Å². The van der Waals surface area contributed by atoms with Gasteiger partial charge in [-0.3, -0.25) is 9.59 Å². The van der Waals surface area contributed by atoms with Crippen molar-refractivity contribution in [3.8, 4) is 11.6 Å². The summed E-state index contributed by atoms with van der Waals surface area (Å²) in [4.78, 5) is 23.7. The van der Waals surface area contributed by atoms with E-state index in [4.69, 9.17) is 10.5 Å². The van der Waals surface area contributed by atoms with Crippen molar-refractivity contribution in [2.24, 2.45) is 5.73 Å². The third-order valence-corrected chi connectivity index (χ3v) is 2.75. The fraction of sp³-hybridized carbons (Fsp3) is 0.200. The fourth-order valence-corrected chi connectivity index (χ4v) is 1.88. The van der Waals surface area contributed by atoms with E-state index in [9.17, 15) is 14.0 Å². The molecule has 1 aromatic heterocycles. The predicted octanol–water partition coefficient (Wildman–Crippen LogP) is 1.86. The number of primary amides is 1. The maximum Gasteiger partial charge on any atom is 0.270 e. The van der Waals surface area contributed by atoms with E-state index in [1.807, 2.05) is 13.8 Å². The molecule has 1 heterocycles. The molecule has 2 aromatic rings. The first-order chi connectivity index (χ1) is 9.90. The average Bonchev–Trinajstić information content (AvgIpc) is 2.39. The van der Waals surface area contributed by atoms with Crippen LogP contribution < -0.4 is 16.0 Å². The summed E-state index contributed by atoms with van der Waals surface area (Å²) >= 11 is 0. The summed E-state index contributed by atoms with van der Waals surface area (Å²) in [7, 11) is 0. The Hall–Kier alpha value is -2.63. The van der Waals surface area contributed by atoms with Crippen LogP contribution in [0.1, 0.15) is 24.2 Å². The molecule has 2 N–H and O–H groups in total. The average molecular weight is 290 g/mol. The molecule has 0 unspecified atom stereocenters. The second-order valence-corrected chi connectivity index (χ2v) is 4.73. The smallest absolute Gasteiger partial charge is 0.270 e. The highest BCUT2D eigenvalue weighted by molar-refractivity contribution is 5.92. The van der Waals surface area contributed by atoms with Crippen LogP contribution in [0.2, 0.25) is 0 Å². The van der Waals surface area contributed by atoms with Gasteiger partial charge in [0.25, 0.3) is 11.5 Å². The fourth-order valence-electron chi connectivity index (χ4n) is 1.88. The Morgan fingerprint density at radius 3 is 2.33 bits per heavy atom. The van der Waals surface area contributed by atoms with E-state index in [1.165, 1.54) is 41.0 Å². The number of hydrogen-bond acceptors (Lipinski definition) is 3. The lowest BCUT2D eigenvalue weighted by atomic mass is 10.2. The van der Waals surface area contributed by atoms with Crippen molar-refractivity contribution in [1.29, 1.82) is 0 Å². The molecule has 0 saturated carbocycles. The normalized spacial score (nSPS) is 10.7. The summed E-state index contributed by atoms with van der Waals surface area (Å²) in [6, 6.07) is 8.10. The summed E-state index contributed by atoms with van der Waals surface area (Å²) in [5.41, 5.74) is 4.81. The summed E-state index contributed by atoms with van der Waals surface area (Å²) in [5, 5.41) is 0. The first-order valence-electron chi connectivity index (χ1n) is 6.38. The largest absolute Gasteiger partial charge is 0.476 e. The van der Waals surface area contributed by atoms with E-state index in [2.05, 4.69) is 0 Å². The standard InChI is InChI=1S/C15H15FN2O3/c1-9(2)21-13-8-7-12(14(17)19)15(20)18(13)11-5-3-10(16)4-6-11/h3-9H,1-2H3,(H2,17,19). The lowest BCUT2D eigenvalue weighted by Gasteiger charge is -2.16. The molecule has 1 amide bonds. The van der Waals surface area contributed by atoms with E-state index >= 15 is 0 Å². The molecule has 0 saturated heterocycles. The first-order valence-corrected chi connectivity index (χ1v) is 6.38. The Morgan fingerprint density at radius 2 is 1.81 bits per heavy atom. The zero-order valence-corrected chi connectivity index (χ0v) is 11.7. The Bertz CT molecular complexity index is 721. The number of ether oxygens (including phenoxy) is 1. The lowest BCUT2D eigenvalue weighted by molar-refractivity contribution is 0.0998. The number of carbonyl (C=O) groups is 1. The summed E-state index contributed by atoms with van der Waals surface area (Å²) < 4.78 is 19.8. The Morgan fingerprint density at radius 1 is 1.19 bits per heavy atom. The SMILES string of the molecule is CC(C)Oc1ccc(C(N)=O)c(=O)n1-c1ccc(F)cc1. The molecule has 110 valence electrons. The number of nitrogens with zero attached hydrogens (tertiary/aromatic N) is 1. The van der Waals surface area contributed by atoms with Crippen molar-refractivity contribution in [1.82, 2.24) is 4.57 Å². The van der Waals surface area contributed by atoms with Crippen molar-refractivity contribution >= 4 is 5.91 Å². The number of pyridine rings is 1.